The third kappa shape index (κ3) is 3.45. The van der Waals surface area contributed by atoms with Gasteiger partial charge in [0.15, 0.2) is 0 Å². The number of hydrazine groups is 1. The summed E-state index contributed by atoms with van der Waals surface area (Å²) in [5.41, 5.74) is 5.89. The Hall–Kier alpha value is -3.22. The molecule has 2 rings (SSSR count). The van der Waals surface area contributed by atoms with Crippen LogP contribution in [0.1, 0.15) is 26.3 Å². The Bertz CT molecular complexity index is 726. The number of rotatable bonds is 3. The molecule has 2 N–H and O–H groups in total. The van der Waals surface area contributed by atoms with E-state index in [1.165, 1.54) is 24.3 Å². The average Bonchev–Trinajstić information content (AvgIpc) is 2.52. The third-order valence-corrected chi connectivity index (χ3v) is 3.02. The molecule has 0 radical (unpaired) electrons. The Kier molecular flexibility index (Phi) is 4.47. The van der Waals surface area contributed by atoms with Crippen molar-refractivity contribution in [3.63, 3.8) is 0 Å². The first-order valence-corrected chi connectivity index (χ1v) is 6.40. The molecule has 7 heteroatoms. The number of carbonyl (C=O) groups excluding carboxylic acids is 2. The summed E-state index contributed by atoms with van der Waals surface area (Å²) in [5, 5.41) is 10.5. The smallest absolute Gasteiger partial charge is 0.267 e. The zero-order valence-electron chi connectivity index (χ0n) is 11.7. The van der Waals surface area contributed by atoms with E-state index in [1.54, 1.807) is 25.1 Å². The predicted octanol–water partition coefficient (Wildman–Crippen LogP) is 1.98. The van der Waals surface area contributed by atoms with Gasteiger partial charge in [0.05, 0.1) is 4.92 Å². The van der Waals surface area contributed by atoms with Crippen LogP contribution in [0.2, 0.25) is 0 Å². The van der Waals surface area contributed by atoms with Gasteiger partial charge in [-0.1, -0.05) is 18.2 Å². The lowest BCUT2D eigenvalue weighted by atomic mass is 10.1. The number of hydrogen-bond donors (Lipinski definition) is 2. The molecule has 0 unspecified atom stereocenters. The summed E-state index contributed by atoms with van der Waals surface area (Å²) < 4.78 is 0. The first-order chi connectivity index (χ1) is 10.5. The van der Waals surface area contributed by atoms with Gasteiger partial charge in [0.2, 0.25) is 0 Å². The molecule has 0 saturated heterocycles. The van der Waals surface area contributed by atoms with Gasteiger partial charge < -0.3 is 0 Å². The number of benzene rings is 2. The minimum atomic E-state index is -0.558. The lowest BCUT2D eigenvalue weighted by Gasteiger charge is -2.09. The standard InChI is InChI=1S/C15H13N3O4/c1-10-4-2-3-5-13(10)15(20)17-16-14(19)11-6-8-12(9-7-11)18(21)22/h2-9H,1H3,(H,16,19)(H,17,20). The molecule has 0 aliphatic carbocycles. The number of amides is 2. The first-order valence-electron chi connectivity index (χ1n) is 6.40. The molecule has 0 aromatic heterocycles. The van der Waals surface area contributed by atoms with Gasteiger partial charge in [-0.05, 0) is 30.7 Å². The van der Waals surface area contributed by atoms with Crippen molar-refractivity contribution in [1.82, 2.24) is 10.9 Å². The Morgan fingerprint density at radius 2 is 1.55 bits per heavy atom. The summed E-state index contributed by atoms with van der Waals surface area (Å²) in [5.74, 6) is -0.995. The second kappa shape index (κ2) is 6.49. The molecule has 0 spiro atoms. The van der Waals surface area contributed by atoms with Crippen molar-refractivity contribution < 1.29 is 14.5 Å². The van der Waals surface area contributed by atoms with Gasteiger partial charge in [-0.25, -0.2) is 0 Å². The molecule has 22 heavy (non-hydrogen) atoms. The normalized spacial score (nSPS) is 9.86. The van der Waals surface area contributed by atoms with E-state index in [1.807, 2.05) is 6.07 Å². The van der Waals surface area contributed by atoms with Crippen LogP contribution in [0.15, 0.2) is 48.5 Å². The van der Waals surface area contributed by atoms with Crippen LogP contribution in [0, 0.1) is 17.0 Å². The van der Waals surface area contributed by atoms with Gasteiger partial charge in [0.25, 0.3) is 17.5 Å². The molecule has 2 aromatic carbocycles. The Labute approximate surface area is 126 Å². The van der Waals surface area contributed by atoms with Gasteiger partial charge in [-0.15, -0.1) is 0 Å². The molecule has 0 heterocycles. The fourth-order valence-electron chi connectivity index (χ4n) is 1.82. The summed E-state index contributed by atoms with van der Waals surface area (Å²) in [4.78, 5) is 33.8. The number of nitro groups is 1. The largest absolute Gasteiger partial charge is 0.269 e. The van der Waals surface area contributed by atoms with Gasteiger partial charge in [-0.2, -0.15) is 0 Å². The molecule has 0 aliphatic rings. The quantitative estimate of drug-likeness (QED) is 0.668. The molecule has 2 aromatic rings. The molecule has 0 bridgehead atoms. The maximum absolute atomic E-state index is 11.9. The van der Waals surface area contributed by atoms with E-state index in [0.717, 1.165) is 5.56 Å². The van der Waals surface area contributed by atoms with Crippen LogP contribution in [0.25, 0.3) is 0 Å². The second-order valence-electron chi connectivity index (χ2n) is 4.53. The number of carbonyl (C=O) groups is 2. The summed E-state index contributed by atoms with van der Waals surface area (Å²) in [7, 11) is 0. The summed E-state index contributed by atoms with van der Waals surface area (Å²) >= 11 is 0. The fourth-order valence-corrected chi connectivity index (χ4v) is 1.82. The van der Waals surface area contributed by atoms with E-state index >= 15 is 0 Å². The predicted molar refractivity (Wildman–Crippen MR) is 79.2 cm³/mol. The minimum absolute atomic E-state index is 0.111. The van der Waals surface area contributed by atoms with Gasteiger partial charge in [-0.3, -0.25) is 30.6 Å². The van der Waals surface area contributed by atoms with Crippen molar-refractivity contribution in [2.24, 2.45) is 0 Å². The SMILES string of the molecule is Cc1ccccc1C(=O)NNC(=O)c1ccc([N+](=O)[O-])cc1. The number of nitro benzene ring substituents is 1. The van der Waals surface area contributed by atoms with Crippen molar-refractivity contribution in [2.75, 3.05) is 0 Å². The Morgan fingerprint density at radius 1 is 0.955 bits per heavy atom. The van der Waals surface area contributed by atoms with E-state index in [9.17, 15) is 19.7 Å². The number of nitrogens with zero attached hydrogens (tertiary/aromatic N) is 1. The highest BCUT2D eigenvalue weighted by Gasteiger charge is 2.12. The lowest BCUT2D eigenvalue weighted by Crippen LogP contribution is -2.41. The van der Waals surface area contributed by atoms with Gasteiger partial charge in [0, 0.05) is 23.3 Å². The van der Waals surface area contributed by atoms with E-state index in [4.69, 9.17) is 0 Å². The van der Waals surface area contributed by atoms with Crippen LogP contribution >= 0.6 is 0 Å². The first kappa shape index (κ1) is 15.2. The second-order valence-corrected chi connectivity index (χ2v) is 4.53. The molecular weight excluding hydrogens is 286 g/mol. The lowest BCUT2D eigenvalue weighted by molar-refractivity contribution is -0.384. The van der Waals surface area contributed by atoms with E-state index < -0.39 is 16.7 Å². The molecule has 0 fully saturated rings. The van der Waals surface area contributed by atoms with Crippen LogP contribution in [0.5, 0.6) is 0 Å². The highest BCUT2D eigenvalue weighted by atomic mass is 16.6. The molecule has 112 valence electrons. The van der Waals surface area contributed by atoms with Crippen molar-refractivity contribution in [2.45, 2.75) is 6.92 Å². The van der Waals surface area contributed by atoms with Crippen molar-refractivity contribution in [3.8, 4) is 0 Å². The number of non-ortho nitro benzene ring substituents is 1. The highest BCUT2D eigenvalue weighted by molar-refractivity contribution is 5.99. The number of nitrogens with one attached hydrogen (secondary N) is 2. The van der Waals surface area contributed by atoms with E-state index in [-0.39, 0.29) is 11.3 Å². The fraction of sp³-hybridized carbons (Fsp3) is 0.0667. The zero-order chi connectivity index (χ0) is 16.1. The van der Waals surface area contributed by atoms with Crippen LogP contribution in [0.4, 0.5) is 5.69 Å². The molecule has 0 aliphatic heterocycles. The van der Waals surface area contributed by atoms with Crippen LogP contribution in [-0.2, 0) is 0 Å². The zero-order valence-corrected chi connectivity index (χ0v) is 11.7. The molecule has 0 atom stereocenters. The summed E-state index contributed by atoms with van der Waals surface area (Å²) in [6.07, 6.45) is 0. The highest BCUT2D eigenvalue weighted by Crippen LogP contribution is 2.11. The summed E-state index contributed by atoms with van der Waals surface area (Å²) in [6, 6.07) is 12.0. The molecular formula is C15H13N3O4. The molecule has 7 nitrogen and oxygen atoms in total. The van der Waals surface area contributed by atoms with Crippen molar-refractivity contribution in [1.29, 1.82) is 0 Å². The molecule has 2 amide bonds. The average molecular weight is 299 g/mol. The Balaban J connectivity index is 1.99. The number of hydrogen-bond acceptors (Lipinski definition) is 4. The van der Waals surface area contributed by atoms with Crippen LogP contribution < -0.4 is 10.9 Å². The summed E-state index contributed by atoms with van der Waals surface area (Å²) in [6.45, 7) is 1.78. The van der Waals surface area contributed by atoms with E-state index in [0.29, 0.717) is 5.56 Å². The monoisotopic (exact) mass is 299 g/mol. The van der Waals surface area contributed by atoms with Crippen molar-refractivity contribution >= 4 is 17.5 Å². The van der Waals surface area contributed by atoms with Gasteiger partial charge in [0.1, 0.15) is 0 Å². The maximum atomic E-state index is 11.9. The van der Waals surface area contributed by atoms with E-state index in [2.05, 4.69) is 10.9 Å². The van der Waals surface area contributed by atoms with Gasteiger partial charge >= 0.3 is 0 Å². The van der Waals surface area contributed by atoms with Crippen molar-refractivity contribution in [3.05, 3.63) is 75.3 Å². The van der Waals surface area contributed by atoms with Crippen LogP contribution in [-0.4, -0.2) is 16.7 Å². The van der Waals surface area contributed by atoms with Crippen LogP contribution in [0.3, 0.4) is 0 Å². The third-order valence-electron chi connectivity index (χ3n) is 3.02. The minimum Gasteiger partial charge on any atom is -0.267 e. The topological polar surface area (TPSA) is 101 Å². The Morgan fingerprint density at radius 3 is 2.14 bits per heavy atom. The molecule has 0 saturated carbocycles. The maximum Gasteiger partial charge on any atom is 0.269 e. The number of aryl methyl sites for hydroxylation is 1.